The van der Waals surface area contributed by atoms with Gasteiger partial charge in [0.05, 0.1) is 22.5 Å². The lowest BCUT2D eigenvalue weighted by Gasteiger charge is -2.29. The molecule has 0 aromatic heterocycles. The van der Waals surface area contributed by atoms with E-state index < -0.39 is 32.7 Å². The summed E-state index contributed by atoms with van der Waals surface area (Å²) >= 11 is 0. The van der Waals surface area contributed by atoms with Crippen LogP contribution < -0.4 is 15.4 Å². The number of fused-ring (bicyclic) bond motifs is 1. The summed E-state index contributed by atoms with van der Waals surface area (Å²) in [5, 5.41) is 6.66. The van der Waals surface area contributed by atoms with E-state index in [9.17, 15) is 26.4 Å². The summed E-state index contributed by atoms with van der Waals surface area (Å²) in [6.45, 7) is 0.819. The molecule has 2 atom stereocenters. The number of hydrogen-bond donors (Lipinski definition) is 3. The lowest BCUT2D eigenvalue weighted by molar-refractivity contribution is -0.137. The molecule has 3 N–H and O–H groups in total. The topological polar surface area (TPSA) is 87.3 Å². The van der Waals surface area contributed by atoms with Gasteiger partial charge in [-0.25, -0.2) is 13.1 Å². The van der Waals surface area contributed by atoms with Crippen molar-refractivity contribution < 1.29 is 26.4 Å². The summed E-state index contributed by atoms with van der Waals surface area (Å²) in [5.74, 6) is -0.348. The third-order valence-electron chi connectivity index (χ3n) is 7.92. The first-order chi connectivity index (χ1) is 19.6. The number of hydrogen-bond acceptors (Lipinski definition) is 4. The molecule has 0 radical (unpaired) electrons. The fourth-order valence-electron chi connectivity index (χ4n) is 5.45. The van der Waals surface area contributed by atoms with E-state index in [4.69, 9.17) is 0 Å². The highest BCUT2D eigenvalue weighted by molar-refractivity contribution is 7.89. The molecule has 218 valence electrons. The third-order valence-corrected chi connectivity index (χ3v) is 9.39. The van der Waals surface area contributed by atoms with Crippen LogP contribution in [0.25, 0.3) is 0 Å². The minimum absolute atomic E-state index is 0.198. The van der Waals surface area contributed by atoms with Crippen LogP contribution in [0.1, 0.15) is 78.4 Å². The first kappa shape index (κ1) is 29.3. The van der Waals surface area contributed by atoms with Crippen molar-refractivity contribution in [3.63, 3.8) is 0 Å². The van der Waals surface area contributed by atoms with Gasteiger partial charge < -0.3 is 10.6 Å². The number of aryl methyl sites for hydroxylation is 1. The molecule has 1 fully saturated rings. The first-order valence-corrected chi connectivity index (χ1v) is 15.5. The van der Waals surface area contributed by atoms with Crippen molar-refractivity contribution in [2.45, 2.75) is 80.7 Å². The Morgan fingerprint density at radius 3 is 2.41 bits per heavy atom. The number of carbonyl (C=O) groups is 1. The van der Waals surface area contributed by atoms with Crippen LogP contribution in [0.2, 0.25) is 0 Å². The Bertz CT molecular complexity index is 1470. The van der Waals surface area contributed by atoms with Crippen molar-refractivity contribution in [3.05, 3.63) is 101 Å². The smallest absolute Gasteiger partial charge is 0.349 e. The third kappa shape index (κ3) is 7.36. The number of benzene rings is 3. The van der Waals surface area contributed by atoms with Gasteiger partial charge in [-0.3, -0.25) is 4.79 Å². The van der Waals surface area contributed by atoms with E-state index in [1.165, 1.54) is 30.4 Å². The quantitative estimate of drug-likeness (QED) is 0.275. The molecule has 2 aliphatic carbocycles. The molecule has 10 heteroatoms. The van der Waals surface area contributed by atoms with E-state index in [-0.39, 0.29) is 18.4 Å². The number of amides is 1. The maximum absolute atomic E-state index is 13.3. The summed E-state index contributed by atoms with van der Waals surface area (Å²) in [6.07, 6.45) is 1.44. The number of alkyl halides is 3. The molecule has 0 unspecified atom stereocenters. The Kier molecular flexibility index (Phi) is 8.82. The average molecular weight is 586 g/mol. The number of carbonyl (C=O) groups excluding carboxylic acids is 1. The summed E-state index contributed by atoms with van der Waals surface area (Å²) in [6, 6.07) is 17.9. The van der Waals surface area contributed by atoms with Gasteiger partial charge in [0, 0.05) is 19.0 Å². The lowest BCUT2D eigenvalue weighted by Crippen LogP contribution is -2.36. The van der Waals surface area contributed by atoms with Gasteiger partial charge >= 0.3 is 6.18 Å². The molecule has 2 aliphatic rings. The van der Waals surface area contributed by atoms with Gasteiger partial charge in [-0.05, 0) is 72.6 Å². The highest BCUT2D eigenvalue weighted by atomic mass is 32.2. The molecule has 3 aromatic rings. The monoisotopic (exact) mass is 585 g/mol. The Morgan fingerprint density at radius 1 is 0.927 bits per heavy atom. The van der Waals surface area contributed by atoms with Gasteiger partial charge in [0.1, 0.15) is 0 Å². The predicted molar refractivity (Wildman–Crippen MR) is 150 cm³/mol. The van der Waals surface area contributed by atoms with E-state index in [0.717, 1.165) is 49.6 Å². The largest absolute Gasteiger partial charge is 0.416 e. The molecular weight excluding hydrogens is 551 g/mol. The molecule has 0 bridgehead atoms. The van der Waals surface area contributed by atoms with E-state index >= 15 is 0 Å². The van der Waals surface area contributed by atoms with Crippen molar-refractivity contribution in [2.24, 2.45) is 0 Å². The lowest BCUT2D eigenvalue weighted by atomic mass is 9.86. The summed E-state index contributed by atoms with van der Waals surface area (Å²) in [4.78, 5) is 12.8. The van der Waals surface area contributed by atoms with Crippen LogP contribution in [0, 0.1) is 0 Å². The maximum Gasteiger partial charge on any atom is 0.416 e. The van der Waals surface area contributed by atoms with Crippen molar-refractivity contribution in [3.8, 4) is 0 Å². The summed E-state index contributed by atoms with van der Waals surface area (Å²) in [7, 11) is -4.37. The molecule has 0 saturated heterocycles. The second-order valence-corrected chi connectivity index (χ2v) is 12.6. The van der Waals surface area contributed by atoms with Crippen LogP contribution in [0.5, 0.6) is 0 Å². The molecule has 0 spiro atoms. The van der Waals surface area contributed by atoms with Gasteiger partial charge in [0.25, 0.3) is 0 Å². The van der Waals surface area contributed by atoms with E-state index in [0.29, 0.717) is 17.7 Å². The highest BCUT2D eigenvalue weighted by Crippen LogP contribution is 2.33. The fourth-order valence-corrected chi connectivity index (χ4v) is 6.72. The molecule has 1 saturated carbocycles. The second-order valence-electron chi connectivity index (χ2n) is 10.9. The van der Waals surface area contributed by atoms with Gasteiger partial charge in [0.2, 0.25) is 15.9 Å². The molecule has 5 rings (SSSR count). The van der Waals surface area contributed by atoms with E-state index in [1.807, 2.05) is 0 Å². The van der Waals surface area contributed by atoms with Crippen LogP contribution in [0.15, 0.2) is 77.7 Å². The Hall–Kier alpha value is -3.21. The normalized spacial score (nSPS) is 18.3. The molecule has 0 aliphatic heterocycles. The van der Waals surface area contributed by atoms with Crippen LogP contribution in [0.3, 0.4) is 0 Å². The zero-order valence-electron chi connectivity index (χ0n) is 22.6. The molecule has 41 heavy (non-hydrogen) atoms. The van der Waals surface area contributed by atoms with Gasteiger partial charge in [-0.15, -0.1) is 0 Å². The number of rotatable bonds is 10. The van der Waals surface area contributed by atoms with Gasteiger partial charge in [-0.1, -0.05) is 61.0 Å². The van der Waals surface area contributed by atoms with Crippen LogP contribution in [-0.2, 0) is 34.0 Å². The molecular formula is C31H34F3N3O3S. The SMILES string of the molecule is O=C(C[C@@H](NS(=O)(=O)c1cccc(C(F)(F)F)c1)c1ccccc1)N[C@@H]1CCCc2cc(CNC3CCC3)ccc21. The van der Waals surface area contributed by atoms with Crippen molar-refractivity contribution in [1.29, 1.82) is 0 Å². The summed E-state index contributed by atoms with van der Waals surface area (Å²) in [5.41, 5.74) is 2.96. The van der Waals surface area contributed by atoms with Gasteiger partial charge in [-0.2, -0.15) is 13.2 Å². The minimum Gasteiger partial charge on any atom is -0.349 e. The van der Waals surface area contributed by atoms with Crippen molar-refractivity contribution >= 4 is 15.9 Å². The van der Waals surface area contributed by atoms with E-state index in [1.54, 1.807) is 30.3 Å². The summed E-state index contributed by atoms with van der Waals surface area (Å²) < 4.78 is 68.5. The Balaban J connectivity index is 1.30. The maximum atomic E-state index is 13.3. The Labute approximate surface area is 238 Å². The Morgan fingerprint density at radius 2 is 1.71 bits per heavy atom. The number of nitrogens with one attached hydrogen (secondary N) is 3. The molecule has 0 heterocycles. The van der Waals surface area contributed by atoms with Crippen LogP contribution in [0.4, 0.5) is 13.2 Å². The highest BCUT2D eigenvalue weighted by Gasteiger charge is 2.33. The zero-order chi connectivity index (χ0) is 29.0. The van der Waals surface area contributed by atoms with Crippen molar-refractivity contribution in [1.82, 2.24) is 15.4 Å². The van der Waals surface area contributed by atoms with Crippen LogP contribution >= 0.6 is 0 Å². The fraction of sp³-hybridized carbons (Fsp3) is 0.387. The predicted octanol–water partition coefficient (Wildman–Crippen LogP) is 5.95. The molecule has 3 aromatic carbocycles. The van der Waals surface area contributed by atoms with Crippen LogP contribution in [-0.4, -0.2) is 20.4 Å². The molecule has 1 amide bonds. The first-order valence-electron chi connectivity index (χ1n) is 14.0. The number of sulfonamides is 1. The zero-order valence-corrected chi connectivity index (χ0v) is 23.4. The minimum atomic E-state index is -4.69. The second kappa shape index (κ2) is 12.3. The van der Waals surface area contributed by atoms with E-state index in [2.05, 4.69) is 33.6 Å². The molecule has 6 nitrogen and oxygen atoms in total. The standard InChI is InChI=1S/C31H34F3N3O3S/c32-31(33,34)24-10-5-13-26(18-24)41(39,40)37-29(22-7-2-1-3-8-22)19-30(38)36-28-14-4-9-23-17-21(15-16-27(23)28)20-35-25-11-6-12-25/h1-3,5,7-8,10,13,15-18,25,28-29,35,37H,4,6,9,11-12,14,19-20H2,(H,36,38)/t28-,29-/m1/s1. The van der Waals surface area contributed by atoms with Crippen molar-refractivity contribution in [2.75, 3.05) is 0 Å². The number of halogens is 3. The average Bonchev–Trinajstić information content (AvgIpc) is 2.92. The van der Waals surface area contributed by atoms with Gasteiger partial charge in [0.15, 0.2) is 0 Å².